The van der Waals surface area contributed by atoms with Crippen LogP contribution in [-0.2, 0) is 13.2 Å². The van der Waals surface area contributed by atoms with Crippen molar-refractivity contribution in [2.24, 2.45) is 12.8 Å². The molecule has 0 bridgehead atoms. The van der Waals surface area contributed by atoms with Crippen molar-refractivity contribution in [2.45, 2.75) is 25.4 Å². The summed E-state index contributed by atoms with van der Waals surface area (Å²) < 4.78 is 39.2. The normalized spacial score (nSPS) is 11.7. The lowest BCUT2D eigenvalue weighted by Gasteiger charge is -2.04. The largest absolute Gasteiger partial charge is 0.433 e. The van der Waals surface area contributed by atoms with Crippen LogP contribution in [0.25, 0.3) is 10.6 Å². The highest BCUT2D eigenvalue weighted by Crippen LogP contribution is 2.34. The van der Waals surface area contributed by atoms with Gasteiger partial charge in [-0.1, -0.05) is 6.42 Å². The molecule has 2 heterocycles. The molecule has 0 aromatic carbocycles. The molecule has 0 unspecified atom stereocenters. The summed E-state index contributed by atoms with van der Waals surface area (Å²) in [7, 11) is 1.24. The standard InChI is InChI=1S/C15H19F3N4OS/c1-22-13(15(16,17)18)9-10(21-22)11-5-6-12(24-11)14(23)20-8-4-2-3-7-19/h5-6,9H,2-4,7-8,19H2,1H3,(H,20,23). The fourth-order valence-corrected chi connectivity index (χ4v) is 3.06. The third kappa shape index (κ3) is 4.57. The molecule has 3 N–H and O–H groups in total. The molecule has 0 aliphatic heterocycles. The van der Waals surface area contributed by atoms with Crippen LogP contribution in [0.1, 0.15) is 34.6 Å². The zero-order chi connectivity index (χ0) is 17.7. The van der Waals surface area contributed by atoms with Gasteiger partial charge in [-0.25, -0.2) is 0 Å². The number of amides is 1. The monoisotopic (exact) mass is 360 g/mol. The molecule has 0 aliphatic carbocycles. The van der Waals surface area contributed by atoms with Gasteiger partial charge in [0, 0.05) is 13.6 Å². The number of thiophene rings is 1. The number of nitrogens with two attached hydrogens (primary N) is 1. The number of carbonyl (C=O) groups is 1. The van der Waals surface area contributed by atoms with Crippen LogP contribution in [0.2, 0.25) is 0 Å². The fraction of sp³-hybridized carbons (Fsp3) is 0.467. The minimum atomic E-state index is -4.46. The van der Waals surface area contributed by atoms with Gasteiger partial charge in [-0.2, -0.15) is 18.3 Å². The van der Waals surface area contributed by atoms with Gasteiger partial charge in [-0.15, -0.1) is 11.3 Å². The second kappa shape index (κ2) is 7.80. The van der Waals surface area contributed by atoms with E-state index in [9.17, 15) is 18.0 Å². The van der Waals surface area contributed by atoms with Gasteiger partial charge >= 0.3 is 6.18 Å². The van der Waals surface area contributed by atoms with Gasteiger partial charge in [0.1, 0.15) is 11.4 Å². The number of alkyl halides is 3. The van der Waals surface area contributed by atoms with Crippen LogP contribution >= 0.6 is 11.3 Å². The first-order valence-corrected chi connectivity index (χ1v) is 8.34. The Labute approximate surface area is 141 Å². The maximum Gasteiger partial charge on any atom is 0.433 e. The Morgan fingerprint density at radius 3 is 2.71 bits per heavy atom. The highest BCUT2D eigenvalue weighted by Gasteiger charge is 2.35. The quantitative estimate of drug-likeness (QED) is 0.746. The van der Waals surface area contributed by atoms with E-state index >= 15 is 0 Å². The average molecular weight is 360 g/mol. The summed E-state index contributed by atoms with van der Waals surface area (Å²) in [6.07, 6.45) is -1.75. The van der Waals surface area contributed by atoms with Crippen molar-refractivity contribution in [2.75, 3.05) is 13.1 Å². The molecule has 2 rings (SSSR count). The van der Waals surface area contributed by atoms with Crippen LogP contribution in [0.3, 0.4) is 0 Å². The molecule has 2 aromatic rings. The number of unbranched alkanes of at least 4 members (excludes halogenated alkanes) is 2. The van der Waals surface area contributed by atoms with Crippen molar-refractivity contribution in [1.82, 2.24) is 15.1 Å². The highest BCUT2D eigenvalue weighted by molar-refractivity contribution is 7.17. The maximum absolute atomic E-state index is 12.8. The molecule has 1 amide bonds. The molecule has 0 radical (unpaired) electrons. The van der Waals surface area contributed by atoms with Gasteiger partial charge in [0.15, 0.2) is 0 Å². The third-order valence-electron chi connectivity index (χ3n) is 3.42. The number of hydrogen-bond donors (Lipinski definition) is 2. The molecule has 9 heteroatoms. The Balaban J connectivity index is 2.01. The van der Waals surface area contributed by atoms with Crippen molar-refractivity contribution >= 4 is 17.2 Å². The summed E-state index contributed by atoms with van der Waals surface area (Å²) in [5, 5.41) is 6.67. The Morgan fingerprint density at radius 2 is 2.08 bits per heavy atom. The lowest BCUT2D eigenvalue weighted by molar-refractivity contribution is -0.143. The van der Waals surface area contributed by atoms with Crippen molar-refractivity contribution in [1.29, 1.82) is 0 Å². The molecule has 24 heavy (non-hydrogen) atoms. The molecular formula is C15H19F3N4OS. The SMILES string of the molecule is Cn1nc(-c2ccc(C(=O)NCCCCCN)s2)cc1C(F)(F)F. The van der Waals surface area contributed by atoms with Gasteiger partial charge in [0.25, 0.3) is 5.91 Å². The zero-order valence-corrected chi connectivity index (χ0v) is 14.0. The number of rotatable bonds is 7. The van der Waals surface area contributed by atoms with Gasteiger partial charge in [-0.05, 0) is 37.6 Å². The Bertz CT molecular complexity index is 693. The van der Waals surface area contributed by atoms with E-state index in [0.717, 1.165) is 41.3 Å². The van der Waals surface area contributed by atoms with Gasteiger partial charge in [0.05, 0.1) is 9.75 Å². The molecule has 0 saturated heterocycles. The van der Waals surface area contributed by atoms with E-state index in [2.05, 4.69) is 10.4 Å². The van der Waals surface area contributed by atoms with E-state index in [-0.39, 0.29) is 11.6 Å². The lowest BCUT2D eigenvalue weighted by Crippen LogP contribution is -2.23. The van der Waals surface area contributed by atoms with Crippen molar-refractivity contribution in [3.05, 3.63) is 28.8 Å². The smallest absolute Gasteiger partial charge is 0.351 e. The van der Waals surface area contributed by atoms with E-state index in [4.69, 9.17) is 5.73 Å². The third-order valence-corrected chi connectivity index (χ3v) is 4.53. The van der Waals surface area contributed by atoms with Crippen LogP contribution < -0.4 is 11.1 Å². The molecule has 0 fully saturated rings. The van der Waals surface area contributed by atoms with Gasteiger partial charge < -0.3 is 11.1 Å². The molecule has 0 saturated carbocycles. The van der Waals surface area contributed by atoms with E-state index in [0.29, 0.717) is 22.8 Å². The van der Waals surface area contributed by atoms with Crippen molar-refractivity contribution in [3.63, 3.8) is 0 Å². The number of hydrogen-bond acceptors (Lipinski definition) is 4. The van der Waals surface area contributed by atoms with E-state index in [1.165, 1.54) is 7.05 Å². The summed E-state index contributed by atoms with van der Waals surface area (Å²) in [6, 6.07) is 4.19. The first-order chi connectivity index (χ1) is 11.3. The number of nitrogens with zero attached hydrogens (tertiary/aromatic N) is 2. The predicted octanol–water partition coefficient (Wildman–Crippen LogP) is 3.03. The fourth-order valence-electron chi connectivity index (χ4n) is 2.19. The molecule has 0 spiro atoms. The molecule has 132 valence electrons. The summed E-state index contributed by atoms with van der Waals surface area (Å²) in [4.78, 5) is 13.0. The lowest BCUT2D eigenvalue weighted by atomic mass is 10.2. The van der Waals surface area contributed by atoms with E-state index in [1.54, 1.807) is 12.1 Å². The topological polar surface area (TPSA) is 72.9 Å². The second-order valence-electron chi connectivity index (χ2n) is 5.31. The number of aryl methyl sites for hydroxylation is 1. The highest BCUT2D eigenvalue weighted by atomic mass is 32.1. The minimum Gasteiger partial charge on any atom is -0.351 e. The second-order valence-corrected chi connectivity index (χ2v) is 6.39. The maximum atomic E-state index is 12.8. The number of carbonyl (C=O) groups excluding carboxylic acids is 1. The van der Waals surface area contributed by atoms with Crippen LogP contribution in [0, 0.1) is 0 Å². The molecule has 5 nitrogen and oxygen atoms in total. The van der Waals surface area contributed by atoms with Crippen LogP contribution in [0.5, 0.6) is 0 Å². The zero-order valence-electron chi connectivity index (χ0n) is 13.2. The number of nitrogens with one attached hydrogen (secondary N) is 1. The summed E-state index contributed by atoms with van der Waals surface area (Å²) in [5.74, 6) is -0.231. The predicted molar refractivity (Wildman–Crippen MR) is 86.8 cm³/mol. The van der Waals surface area contributed by atoms with Gasteiger partial charge in [0.2, 0.25) is 0 Å². The minimum absolute atomic E-state index is 0.205. The Morgan fingerprint density at radius 1 is 1.33 bits per heavy atom. The Hall–Kier alpha value is -1.87. The van der Waals surface area contributed by atoms with Crippen molar-refractivity contribution < 1.29 is 18.0 Å². The molecule has 2 aromatic heterocycles. The Kier molecular flexibility index (Phi) is 6.00. The molecule has 0 aliphatic rings. The van der Waals surface area contributed by atoms with Gasteiger partial charge in [-0.3, -0.25) is 9.48 Å². The van der Waals surface area contributed by atoms with Crippen molar-refractivity contribution in [3.8, 4) is 10.6 Å². The summed E-state index contributed by atoms with van der Waals surface area (Å²) in [5.41, 5.74) is 4.78. The van der Waals surface area contributed by atoms with E-state index in [1.807, 2.05) is 0 Å². The van der Waals surface area contributed by atoms with Crippen LogP contribution in [0.4, 0.5) is 13.2 Å². The molecule has 0 atom stereocenters. The number of halogens is 3. The summed E-state index contributed by atoms with van der Waals surface area (Å²) in [6.45, 7) is 1.18. The van der Waals surface area contributed by atoms with Crippen LogP contribution in [-0.4, -0.2) is 28.8 Å². The first-order valence-electron chi connectivity index (χ1n) is 7.52. The molecular weight excluding hydrogens is 341 g/mol. The average Bonchev–Trinajstić information content (AvgIpc) is 3.12. The van der Waals surface area contributed by atoms with Crippen LogP contribution in [0.15, 0.2) is 18.2 Å². The summed E-state index contributed by atoms with van der Waals surface area (Å²) >= 11 is 1.12. The van der Waals surface area contributed by atoms with E-state index < -0.39 is 11.9 Å². The first kappa shape index (κ1) is 18.5. The number of aromatic nitrogens is 2.